The molecule has 130 valence electrons. The van der Waals surface area contributed by atoms with Crippen molar-refractivity contribution in [3.63, 3.8) is 0 Å². The standard InChI is InChI=1S/C12H23NO9/c14-2-4-11(7(17)5(16)1-13-4)22-12-10(20)9(19)8(18)6(3-15)21-12/h4-20H,1-3H2/t4-,5+,6-,7+,8-,9-,10-,11+,12-/m0/s1. The second-order valence-corrected chi connectivity index (χ2v) is 5.55. The summed E-state index contributed by atoms with van der Waals surface area (Å²) in [5.41, 5.74) is 0. The summed E-state index contributed by atoms with van der Waals surface area (Å²) < 4.78 is 10.6. The fourth-order valence-electron chi connectivity index (χ4n) is 2.64. The van der Waals surface area contributed by atoms with Crippen molar-refractivity contribution >= 4 is 0 Å². The highest BCUT2D eigenvalue weighted by atomic mass is 16.7. The maximum atomic E-state index is 9.97. The Kier molecular flexibility index (Phi) is 6.07. The Bertz CT molecular complexity index is 355. The van der Waals surface area contributed by atoms with Gasteiger partial charge in [0.2, 0.25) is 0 Å². The zero-order valence-corrected chi connectivity index (χ0v) is 11.8. The van der Waals surface area contributed by atoms with Crippen molar-refractivity contribution in [3.05, 3.63) is 0 Å². The number of rotatable bonds is 4. The molecule has 0 aromatic rings. The highest BCUT2D eigenvalue weighted by molar-refractivity contribution is 4.95. The van der Waals surface area contributed by atoms with Gasteiger partial charge in [0.15, 0.2) is 6.29 Å². The maximum Gasteiger partial charge on any atom is 0.187 e. The van der Waals surface area contributed by atoms with Crippen LogP contribution in [-0.4, -0.2) is 111 Å². The SMILES string of the molecule is OC[C@@H]1NC[C@@H](O)[C@@H](O)[C@@H]1O[C@@H]1O[C@@H](CO)[C@H](O)[C@H](O)[C@@H]1O. The molecule has 22 heavy (non-hydrogen) atoms. The van der Waals surface area contributed by atoms with Gasteiger partial charge in [-0.2, -0.15) is 0 Å². The van der Waals surface area contributed by atoms with Gasteiger partial charge in [-0.3, -0.25) is 0 Å². The minimum absolute atomic E-state index is 0.0565. The van der Waals surface area contributed by atoms with Gasteiger partial charge in [-0.1, -0.05) is 0 Å². The third-order valence-corrected chi connectivity index (χ3v) is 4.05. The van der Waals surface area contributed by atoms with Crippen molar-refractivity contribution in [2.24, 2.45) is 0 Å². The molecule has 0 aromatic heterocycles. The Balaban J connectivity index is 2.09. The first-order chi connectivity index (χ1) is 10.4. The lowest BCUT2D eigenvalue weighted by Gasteiger charge is -2.44. The molecule has 0 aliphatic carbocycles. The Morgan fingerprint density at radius 2 is 1.59 bits per heavy atom. The predicted octanol–water partition coefficient (Wildman–Crippen LogP) is -5.14. The van der Waals surface area contributed by atoms with Gasteiger partial charge in [-0.15, -0.1) is 0 Å². The van der Waals surface area contributed by atoms with Gasteiger partial charge in [-0.05, 0) is 0 Å². The van der Waals surface area contributed by atoms with E-state index in [9.17, 15) is 30.6 Å². The molecule has 2 heterocycles. The minimum atomic E-state index is -1.62. The monoisotopic (exact) mass is 325 g/mol. The number of piperidine rings is 1. The number of hydrogen-bond donors (Lipinski definition) is 8. The number of nitrogens with one attached hydrogen (secondary N) is 1. The molecule has 0 aromatic carbocycles. The van der Waals surface area contributed by atoms with Gasteiger partial charge >= 0.3 is 0 Å². The fourth-order valence-corrected chi connectivity index (χ4v) is 2.64. The van der Waals surface area contributed by atoms with E-state index in [1.54, 1.807) is 0 Å². The van der Waals surface area contributed by atoms with Crippen molar-refractivity contribution in [2.45, 2.75) is 55.1 Å². The summed E-state index contributed by atoms with van der Waals surface area (Å²) in [7, 11) is 0. The normalized spacial score (nSPS) is 50.0. The van der Waals surface area contributed by atoms with E-state index in [1.807, 2.05) is 0 Å². The third-order valence-electron chi connectivity index (χ3n) is 4.05. The first-order valence-corrected chi connectivity index (χ1v) is 7.07. The number of β-amino-alcohol motifs (C(OH)–C–C–N with tert-alkyl or cyclic N) is 1. The summed E-state index contributed by atoms with van der Waals surface area (Å²) in [6.45, 7) is -0.949. The van der Waals surface area contributed by atoms with Crippen molar-refractivity contribution in [1.29, 1.82) is 0 Å². The third kappa shape index (κ3) is 3.41. The Hall–Kier alpha value is -0.400. The molecular weight excluding hydrogens is 302 g/mol. The second kappa shape index (κ2) is 7.45. The van der Waals surface area contributed by atoms with E-state index in [0.29, 0.717) is 0 Å². The van der Waals surface area contributed by atoms with Crippen LogP contribution in [0.5, 0.6) is 0 Å². The lowest BCUT2D eigenvalue weighted by molar-refractivity contribution is -0.324. The molecule has 9 atom stereocenters. The van der Waals surface area contributed by atoms with Gasteiger partial charge in [0.25, 0.3) is 0 Å². The van der Waals surface area contributed by atoms with Gasteiger partial charge in [0.1, 0.15) is 36.6 Å². The largest absolute Gasteiger partial charge is 0.395 e. The first-order valence-electron chi connectivity index (χ1n) is 7.07. The van der Waals surface area contributed by atoms with E-state index in [2.05, 4.69) is 5.32 Å². The van der Waals surface area contributed by atoms with Crippen LogP contribution in [0, 0.1) is 0 Å². The zero-order chi connectivity index (χ0) is 16.4. The van der Waals surface area contributed by atoms with Gasteiger partial charge in [0, 0.05) is 6.54 Å². The van der Waals surface area contributed by atoms with E-state index in [1.165, 1.54) is 0 Å². The molecule has 2 saturated heterocycles. The average molecular weight is 325 g/mol. The molecular formula is C12H23NO9. The quantitative estimate of drug-likeness (QED) is 0.250. The van der Waals surface area contributed by atoms with E-state index < -0.39 is 68.3 Å². The molecule has 0 unspecified atom stereocenters. The van der Waals surface area contributed by atoms with Crippen LogP contribution in [0.3, 0.4) is 0 Å². The van der Waals surface area contributed by atoms with Crippen LogP contribution >= 0.6 is 0 Å². The highest BCUT2D eigenvalue weighted by Gasteiger charge is 2.47. The number of ether oxygens (including phenoxy) is 2. The molecule has 0 saturated carbocycles. The van der Waals surface area contributed by atoms with Crippen LogP contribution in [0.2, 0.25) is 0 Å². The first kappa shape index (κ1) is 17.9. The molecule has 0 bridgehead atoms. The maximum absolute atomic E-state index is 9.97. The predicted molar refractivity (Wildman–Crippen MR) is 69.5 cm³/mol. The van der Waals surface area contributed by atoms with Crippen LogP contribution in [0.25, 0.3) is 0 Å². The molecule has 2 aliphatic heterocycles. The van der Waals surface area contributed by atoms with E-state index in [4.69, 9.17) is 14.6 Å². The van der Waals surface area contributed by atoms with Crippen molar-refractivity contribution in [3.8, 4) is 0 Å². The molecule has 8 N–H and O–H groups in total. The molecule has 10 nitrogen and oxygen atoms in total. The summed E-state index contributed by atoms with van der Waals surface area (Å²) in [4.78, 5) is 0. The number of aliphatic hydroxyl groups is 7. The number of hydrogen-bond acceptors (Lipinski definition) is 10. The topological polar surface area (TPSA) is 172 Å². The van der Waals surface area contributed by atoms with Crippen LogP contribution in [0.1, 0.15) is 0 Å². The lowest BCUT2D eigenvalue weighted by Crippen LogP contribution is -2.65. The van der Waals surface area contributed by atoms with Crippen LogP contribution in [0.15, 0.2) is 0 Å². The minimum Gasteiger partial charge on any atom is -0.395 e. The summed E-state index contributed by atoms with van der Waals surface area (Å²) >= 11 is 0. The van der Waals surface area contributed by atoms with Crippen LogP contribution in [-0.2, 0) is 9.47 Å². The fraction of sp³-hybridized carbons (Fsp3) is 1.00. The van der Waals surface area contributed by atoms with Crippen LogP contribution in [0.4, 0.5) is 0 Å². The van der Waals surface area contributed by atoms with Gasteiger partial charge < -0.3 is 50.5 Å². The lowest BCUT2D eigenvalue weighted by atomic mass is 9.95. The van der Waals surface area contributed by atoms with E-state index >= 15 is 0 Å². The van der Waals surface area contributed by atoms with Gasteiger partial charge in [-0.25, -0.2) is 0 Å². The van der Waals surface area contributed by atoms with E-state index in [-0.39, 0.29) is 6.54 Å². The summed E-state index contributed by atoms with van der Waals surface area (Å²) in [5, 5.41) is 70.0. The Morgan fingerprint density at radius 3 is 2.18 bits per heavy atom. The molecule has 0 spiro atoms. The average Bonchev–Trinajstić information content (AvgIpc) is 2.52. The summed E-state index contributed by atoms with van der Waals surface area (Å²) in [5.74, 6) is 0. The van der Waals surface area contributed by atoms with Crippen LogP contribution < -0.4 is 5.32 Å². The van der Waals surface area contributed by atoms with Gasteiger partial charge in [0.05, 0.1) is 25.4 Å². The highest BCUT2D eigenvalue weighted by Crippen LogP contribution is 2.25. The summed E-state index contributed by atoms with van der Waals surface area (Å²) in [6, 6.07) is -0.717. The molecule has 10 heteroatoms. The molecule has 0 radical (unpaired) electrons. The second-order valence-electron chi connectivity index (χ2n) is 5.55. The van der Waals surface area contributed by atoms with E-state index in [0.717, 1.165) is 0 Å². The van der Waals surface area contributed by atoms with Crippen molar-refractivity contribution in [2.75, 3.05) is 19.8 Å². The van der Waals surface area contributed by atoms with Crippen molar-refractivity contribution < 1.29 is 45.2 Å². The smallest absolute Gasteiger partial charge is 0.187 e. The summed E-state index contributed by atoms with van der Waals surface area (Å²) in [6.07, 6.45) is -10.9. The number of aliphatic hydroxyl groups excluding tert-OH is 7. The zero-order valence-electron chi connectivity index (χ0n) is 11.8. The Labute approximate surface area is 126 Å². The molecule has 2 fully saturated rings. The molecule has 0 amide bonds. The molecule has 2 rings (SSSR count). The van der Waals surface area contributed by atoms with Crippen molar-refractivity contribution in [1.82, 2.24) is 5.32 Å². The Morgan fingerprint density at radius 1 is 0.909 bits per heavy atom. The molecule has 2 aliphatic rings.